The summed E-state index contributed by atoms with van der Waals surface area (Å²) in [5.74, 6) is -2.36. The molecular formula is C30H23F2NO. The summed E-state index contributed by atoms with van der Waals surface area (Å²) in [5, 5.41) is 4.46. The van der Waals surface area contributed by atoms with E-state index in [4.69, 9.17) is 9.41 Å². The third kappa shape index (κ3) is 2.87. The van der Waals surface area contributed by atoms with E-state index in [2.05, 4.69) is 55.5 Å². The summed E-state index contributed by atoms with van der Waals surface area (Å²) < 4.78 is 33.9. The van der Waals surface area contributed by atoms with Crippen LogP contribution in [0.4, 0.5) is 14.5 Å². The number of hydrogen-bond donors (Lipinski definition) is 0. The van der Waals surface area contributed by atoms with Crippen molar-refractivity contribution in [2.24, 2.45) is 4.99 Å². The first kappa shape index (κ1) is 19.9. The average Bonchev–Trinajstić information content (AvgIpc) is 3.39. The summed E-state index contributed by atoms with van der Waals surface area (Å²) in [6.45, 7) is 2.10. The third-order valence-electron chi connectivity index (χ3n) is 7.57. The number of aryl methyl sites for hydroxylation is 1. The summed E-state index contributed by atoms with van der Waals surface area (Å²) >= 11 is 0. The van der Waals surface area contributed by atoms with Crippen molar-refractivity contribution in [2.75, 3.05) is 0 Å². The Bertz CT molecular complexity index is 1650. The lowest BCUT2D eigenvalue weighted by molar-refractivity contribution is -0.0381. The standard InChI is InChI=1S/C30H23F2NO/c1-17-15-23-20-5-2-3-8-26(20)34-29(23)24(16-17)28-22-7-4-6-21-19(9-10-25(33-28)27(21)22)18-11-13-30(31,32)14-12-18/h2-10,15-16,18H,11-14H2,1H3. The van der Waals surface area contributed by atoms with Crippen molar-refractivity contribution in [3.8, 4) is 0 Å². The summed E-state index contributed by atoms with van der Waals surface area (Å²) in [4.78, 5) is 5.07. The van der Waals surface area contributed by atoms with Gasteiger partial charge >= 0.3 is 0 Å². The van der Waals surface area contributed by atoms with Crippen molar-refractivity contribution in [3.63, 3.8) is 0 Å². The molecule has 34 heavy (non-hydrogen) atoms. The first-order chi connectivity index (χ1) is 16.5. The molecule has 1 fully saturated rings. The number of aliphatic imine (C=N–C) groups is 1. The van der Waals surface area contributed by atoms with Gasteiger partial charge < -0.3 is 4.42 Å². The maximum absolute atomic E-state index is 13.8. The Kier molecular flexibility index (Phi) is 4.09. The average molecular weight is 452 g/mol. The lowest BCUT2D eigenvalue weighted by Gasteiger charge is -2.29. The number of benzene rings is 4. The van der Waals surface area contributed by atoms with Crippen LogP contribution in [-0.4, -0.2) is 11.6 Å². The van der Waals surface area contributed by atoms with Gasteiger partial charge in [0.25, 0.3) is 0 Å². The van der Waals surface area contributed by atoms with E-state index in [1.54, 1.807) is 0 Å². The Morgan fingerprint density at radius 3 is 2.50 bits per heavy atom. The van der Waals surface area contributed by atoms with Crippen molar-refractivity contribution < 1.29 is 13.2 Å². The SMILES string of the molecule is Cc1cc(C2=Nc3ccc(C4CCC(F)(F)CC4)c4cccc2c34)c2oc3ccccc3c2c1. The van der Waals surface area contributed by atoms with Crippen molar-refractivity contribution in [3.05, 3.63) is 89.0 Å². The molecule has 0 bridgehead atoms. The maximum atomic E-state index is 13.8. The maximum Gasteiger partial charge on any atom is 0.248 e. The summed E-state index contributed by atoms with van der Waals surface area (Å²) in [6.07, 6.45) is 0.985. The fourth-order valence-electron chi connectivity index (χ4n) is 5.94. The smallest absolute Gasteiger partial charge is 0.248 e. The predicted octanol–water partition coefficient (Wildman–Crippen LogP) is 8.82. The fourth-order valence-corrected chi connectivity index (χ4v) is 5.94. The third-order valence-corrected chi connectivity index (χ3v) is 7.57. The van der Waals surface area contributed by atoms with E-state index >= 15 is 0 Å². The molecule has 2 aliphatic rings. The Morgan fingerprint density at radius 2 is 1.65 bits per heavy atom. The van der Waals surface area contributed by atoms with Gasteiger partial charge in [0.2, 0.25) is 5.92 Å². The molecule has 1 aromatic heterocycles. The van der Waals surface area contributed by atoms with Crippen LogP contribution in [0.5, 0.6) is 0 Å². The molecule has 0 spiro atoms. The Morgan fingerprint density at radius 1 is 0.853 bits per heavy atom. The molecule has 2 nitrogen and oxygen atoms in total. The van der Waals surface area contributed by atoms with Gasteiger partial charge in [-0.05, 0) is 66.5 Å². The lowest BCUT2D eigenvalue weighted by atomic mass is 9.80. The second kappa shape index (κ2) is 6.99. The van der Waals surface area contributed by atoms with E-state index in [0.717, 1.165) is 60.8 Å². The van der Waals surface area contributed by atoms with E-state index < -0.39 is 5.92 Å². The van der Waals surface area contributed by atoms with Crippen molar-refractivity contribution in [1.82, 2.24) is 0 Å². The molecule has 4 heteroatoms. The summed E-state index contributed by atoms with van der Waals surface area (Å²) in [5.41, 5.74) is 7.99. The second-order valence-electron chi connectivity index (χ2n) is 9.78. The topological polar surface area (TPSA) is 25.5 Å². The number of halogens is 2. The molecule has 0 saturated heterocycles. The van der Waals surface area contributed by atoms with E-state index in [1.807, 2.05) is 18.2 Å². The van der Waals surface area contributed by atoms with Crippen LogP contribution < -0.4 is 0 Å². The zero-order chi connectivity index (χ0) is 23.0. The van der Waals surface area contributed by atoms with E-state index in [-0.39, 0.29) is 18.8 Å². The Labute approximate surface area is 195 Å². The van der Waals surface area contributed by atoms with Crippen LogP contribution in [0.2, 0.25) is 0 Å². The molecule has 2 heterocycles. The van der Waals surface area contributed by atoms with Crippen molar-refractivity contribution in [1.29, 1.82) is 0 Å². The minimum atomic E-state index is -2.52. The second-order valence-corrected chi connectivity index (χ2v) is 9.78. The quantitative estimate of drug-likeness (QED) is 0.258. The molecule has 1 saturated carbocycles. The molecular weight excluding hydrogens is 428 g/mol. The van der Waals surface area contributed by atoms with Gasteiger partial charge in [-0.3, -0.25) is 0 Å². The molecule has 0 unspecified atom stereocenters. The van der Waals surface area contributed by atoms with Crippen LogP contribution in [0.25, 0.3) is 32.7 Å². The number of furan rings is 1. The monoisotopic (exact) mass is 451 g/mol. The van der Waals surface area contributed by atoms with E-state index in [1.165, 1.54) is 5.56 Å². The molecule has 0 N–H and O–H groups in total. The van der Waals surface area contributed by atoms with Gasteiger partial charge in [-0.15, -0.1) is 0 Å². The highest BCUT2D eigenvalue weighted by atomic mass is 19.3. The van der Waals surface area contributed by atoms with Gasteiger partial charge in [-0.25, -0.2) is 13.8 Å². The Hall–Kier alpha value is -3.53. The summed E-state index contributed by atoms with van der Waals surface area (Å²) in [6, 6.07) is 22.9. The van der Waals surface area contributed by atoms with E-state index in [0.29, 0.717) is 12.8 Å². The van der Waals surface area contributed by atoms with Gasteiger partial charge in [0.05, 0.1) is 11.4 Å². The normalized spacial score (nSPS) is 17.7. The van der Waals surface area contributed by atoms with Crippen LogP contribution in [0.3, 0.4) is 0 Å². The van der Waals surface area contributed by atoms with Gasteiger partial charge in [0.15, 0.2) is 0 Å². The number of alkyl halides is 2. The highest BCUT2D eigenvalue weighted by Gasteiger charge is 2.36. The molecule has 0 amide bonds. The molecule has 0 radical (unpaired) electrons. The first-order valence-electron chi connectivity index (χ1n) is 11.9. The number of nitrogens with zero attached hydrogens (tertiary/aromatic N) is 1. The van der Waals surface area contributed by atoms with Gasteiger partial charge in [-0.1, -0.05) is 42.5 Å². The highest BCUT2D eigenvalue weighted by Crippen LogP contribution is 2.47. The summed E-state index contributed by atoms with van der Waals surface area (Å²) in [7, 11) is 0. The van der Waals surface area contributed by atoms with Crippen LogP contribution in [0, 0.1) is 6.92 Å². The van der Waals surface area contributed by atoms with Gasteiger partial charge in [0.1, 0.15) is 11.2 Å². The zero-order valence-electron chi connectivity index (χ0n) is 18.9. The molecule has 1 aliphatic heterocycles. The van der Waals surface area contributed by atoms with Gasteiger partial charge in [-0.2, -0.15) is 0 Å². The lowest BCUT2D eigenvalue weighted by Crippen LogP contribution is -2.23. The van der Waals surface area contributed by atoms with Crippen LogP contribution >= 0.6 is 0 Å². The van der Waals surface area contributed by atoms with Crippen LogP contribution in [0.15, 0.2) is 76.1 Å². The van der Waals surface area contributed by atoms with Crippen LogP contribution in [0.1, 0.15) is 53.9 Å². The molecule has 1 aliphatic carbocycles. The number of rotatable bonds is 2. The number of para-hydroxylation sites is 1. The molecule has 0 atom stereocenters. The first-order valence-corrected chi connectivity index (χ1v) is 11.9. The minimum absolute atomic E-state index is 0.0321. The predicted molar refractivity (Wildman–Crippen MR) is 134 cm³/mol. The largest absolute Gasteiger partial charge is 0.455 e. The Balaban J connectivity index is 1.41. The van der Waals surface area contributed by atoms with Crippen molar-refractivity contribution in [2.45, 2.75) is 44.4 Å². The molecule has 7 rings (SSSR count). The van der Waals surface area contributed by atoms with E-state index in [9.17, 15) is 8.78 Å². The molecule has 4 aromatic carbocycles. The van der Waals surface area contributed by atoms with Gasteiger partial charge in [0, 0.05) is 40.1 Å². The minimum Gasteiger partial charge on any atom is -0.455 e. The highest BCUT2D eigenvalue weighted by molar-refractivity contribution is 6.30. The van der Waals surface area contributed by atoms with Crippen LogP contribution in [-0.2, 0) is 0 Å². The van der Waals surface area contributed by atoms with Crippen molar-refractivity contribution >= 4 is 44.1 Å². The number of hydrogen-bond acceptors (Lipinski definition) is 2. The number of fused-ring (bicyclic) bond motifs is 3. The zero-order valence-corrected chi connectivity index (χ0v) is 18.9. The fraction of sp³-hybridized carbons (Fsp3) is 0.233. The molecule has 5 aromatic rings. The molecule has 168 valence electrons.